The summed E-state index contributed by atoms with van der Waals surface area (Å²) in [5.41, 5.74) is 6.47. The maximum atomic E-state index is 13.4. The number of hydrogen-bond donors (Lipinski definition) is 1. The van der Waals surface area contributed by atoms with Crippen molar-refractivity contribution in [2.24, 2.45) is 0 Å². The first-order valence-corrected chi connectivity index (χ1v) is 11.9. The third kappa shape index (κ3) is 4.06. The van der Waals surface area contributed by atoms with E-state index in [4.69, 9.17) is 35.4 Å². The highest BCUT2D eigenvalue weighted by molar-refractivity contribution is 7.80. The summed E-state index contributed by atoms with van der Waals surface area (Å²) < 4.78 is 2.17. The number of amides is 2. The molecule has 0 spiro atoms. The number of para-hydroxylation sites is 1. The molecule has 3 aromatic rings. The Morgan fingerprint density at radius 3 is 2.47 bits per heavy atom. The molecular formula is C26H23Cl2N3O2S. The number of benzene rings is 2. The zero-order chi connectivity index (χ0) is 24.7. The topological polar surface area (TPSA) is 54.3 Å². The molecule has 8 heteroatoms. The van der Waals surface area contributed by atoms with E-state index in [0.717, 1.165) is 34.6 Å². The number of thiocarbonyl (C=S) groups is 1. The minimum atomic E-state index is -0.562. The number of carbonyl (C=O) groups is 2. The lowest BCUT2D eigenvalue weighted by atomic mass is 10.0. The van der Waals surface area contributed by atoms with Gasteiger partial charge in [-0.05, 0) is 80.4 Å². The van der Waals surface area contributed by atoms with E-state index in [1.807, 2.05) is 19.9 Å². The molecule has 34 heavy (non-hydrogen) atoms. The van der Waals surface area contributed by atoms with Crippen molar-refractivity contribution in [3.63, 3.8) is 0 Å². The van der Waals surface area contributed by atoms with Gasteiger partial charge in [-0.15, -0.1) is 0 Å². The second kappa shape index (κ2) is 9.37. The summed E-state index contributed by atoms with van der Waals surface area (Å²) in [6, 6.07) is 13.1. The number of halogens is 2. The Hall–Kier alpha value is -2.93. The van der Waals surface area contributed by atoms with Crippen LogP contribution in [-0.2, 0) is 16.0 Å². The summed E-state index contributed by atoms with van der Waals surface area (Å²) in [7, 11) is 0. The Balaban J connectivity index is 1.83. The molecule has 0 saturated carbocycles. The van der Waals surface area contributed by atoms with Gasteiger partial charge in [0.1, 0.15) is 5.57 Å². The molecule has 1 aromatic heterocycles. The molecular weight excluding hydrogens is 489 g/mol. The summed E-state index contributed by atoms with van der Waals surface area (Å²) in [5.74, 6) is -1.12. The molecule has 0 radical (unpaired) electrons. The molecule has 2 heterocycles. The van der Waals surface area contributed by atoms with Gasteiger partial charge in [0.15, 0.2) is 5.11 Å². The van der Waals surface area contributed by atoms with E-state index in [1.54, 1.807) is 24.3 Å². The molecule has 0 atom stereocenters. The molecule has 1 aliphatic heterocycles. The van der Waals surface area contributed by atoms with Crippen LogP contribution < -0.4 is 10.2 Å². The van der Waals surface area contributed by atoms with Crippen LogP contribution in [0, 0.1) is 20.8 Å². The number of rotatable bonds is 4. The zero-order valence-electron chi connectivity index (χ0n) is 19.2. The monoisotopic (exact) mass is 511 g/mol. The van der Waals surface area contributed by atoms with Crippen molar-refractivity contribution in [1.82, 2.24) is 9.88 Å². The number of aryl methyl sites for hydroxylation is 3. The number of carbonyl (C=O) groups excluding carboxylic acids is 2. The third-order valence-corrected chi connectivity index (χ3v) is 7.06. The average molecular weight is 512 g/mol. The van der Waals surface area contributed by atoms with Crippen LogP contribution in [0.5, 0.6) is 0 Å². The Morgan fingerprint density at radius 2 is 1.76 bits per heavy atom. The van der Waals surface area contributed by atoms with E-state index in [9.17, 15) is 9.59 Å². The molecule has 2 aromatic carbocycles. The van der Waals surface area contributed by atoms with E-state index in [1.165, 1.54) is 10.5 Å². The van der Waals surface area contributed by atoms with Gasteiger partial charge in [0.25, 0.3) is 11.8 Å². The lowest BCUT2D eigenvalue weighted by Gasteiger charge is -2.29. The second-order valence-corrected chi connectivity index (χ2v) is 9.30. The number of anilines is 1. The van der Waals surface area contributed by atoms with E-state index in [0.29, 0.717) is 5.69 Å². The summed E-state index contributed by atoms with van der Waals surface area (Å²) in [6.07, 6.45) is 2.49. The van der Waals surface area contributed by atoms with Crippen molar-refractivity contribution >= 4 is 64.1 Å². The number of nitrogens with zero attached hydrogens (tertiary/aromatic N) is 2. The SMILES string of the molecule is CCc1cccc(C)c1-n1c(C)cc(/C=C2\C(=O)NC(=S)N(c3cccc(Cl)c3Cl)C2=O)c1C. The van der Waals surface area contributed by atoms with Crippen molar-refractivity contribution in [3.05, 3.63) is 86.2 Å². The van der Waals surface area contributed by atoms with Gasteiger partial charge in [-0.3, -0.25) is 19.8 Å². The molecule has 1 N–H and O–H groups in total. The second-order valence-electron chi connectivity index (χ2n) is 8.13. The van der Waals surface area contributed by atoms with Gasteiger partial charge in [-0.1, -0.05) is 54.4 Å². The fourth-order valence-corrected chi connectivity index (χ4v) is 4.95. The zero-order valence-corrected chi connectivity index (χ0v) is 21.5. The van der Waals surface area contributed by atoms with Gasteiger partial charge >= 0.3 is 0 Å². The highest BCUT2D eigenvalue weighted by Gasteiger charge is 2.36. The van der Waals surface area contributed by atoms with Crippen LogP contribution in [-0.4, -0.2) is 21.5 Å². The van der Waals surface area contributed by atoms with Crippen LogP contribution >= 0.6 is 35.4 Å². The normalized spacial score (nSPS) is 15.3. The average Bonchev–Trinajstić information content (AvgIpc) is 3.06. The van der Waals surface area contributed by atoms with Crippen LogP contribution in [0.25, 0.3) is 11.8 Å². The van der Waals surface area contributed by atoms with Gasteiger partial charge in [-0.25, -0.2) is 0 Å². The van der Waals surface area contributed by atoms with Crippen molar-refractivity contribution in [2.45, 2.75) is 34.1 Å². The first-order valence-electron chi connectivity index (χ1n) is 10.8. The standard InChI is InChI=1S/C26H23Cl2N3O2S/c1-5-17-9-6-8-14(2)23(17)30-15(3)12-18(16(30)4)13-19-24(32)29-26(34)31(25(19)33)21-11-7-10-20(27)22(21)28/h6-13H,5H2,1-4H3,(H,29,32,34)/b19-13+. The molecule has 5 nitrogen and oxygen atoms in total. The molecule has 0 aliphatic carbocycles. The summed E-state index contributed by atoms with van der Waals surface area (Å²) in [5, 5.41) is 3.01. The highest BCUT2D eigenvalue weighted by Crippen LogP contribution is 2.35. The van der Waals surface area contributed by atoms with Gasteiger partial charge in [-0.2, -0.15) is 0 Å². The Kier molecular flexibility index (Phi) is 6.67. The predicted molar refractivity (Wildman–Crippen MR) is 142 cm³/mol. The molecule has 0 bridgehead atoms. The van der Waals surface area contributed by atoms with Crippen molar-refractivity contribution in [3.8, 4) is 5.69 Å². The Labute approximate surface area is 214 Å². The van der Waals surface area contributed by atoms with Crippen molar-refractivity contribution in [1.29, 1.82) is 0 Å². The van der Waals surface area contributed by atoms with Gasteiger partial charge in [0.2, 0.25) is 0 Å². The quantitative estimate of drug-likeness (QED) is 0.261. The fourth-order valence-electron chi connectivity index (χ4n) is 4.30. The smallest absolute Gasteiger partial charge is 0.270 e. The van der Waals surface area contributed by atoms with E-state index in [-0.39, 0.29) is 20.7 Å². The van der Waals surface area contributed by atoms with Gasteiger partial charge < -0.3 is 4.57 Å². The Bertz CT molecular complexity index is 1390. The molecule has 1 fully saturated rings. The number of aromatic nitrogens is 1. The Morgan fingerprint density at radius 1 is 1.06 bits per heavy atom. The number of hydrogen-bond acceptors (Lipinski definition) is 3. The maximum absolute atomic E-state index is 13.4. The van der Waals surface area contributed by atoms with E-state index >= 15 is 0 Å². The van der Waals surface area contributed by atoms with Crippen LogP contribution in [0.4, 0.5) is 5.69 Å². The molecule has 4 rings (SSSR count). The van der Waals surface area contributed by atoms with Crippen LogP contribution in [0.3, 0.4) is 0 Å². The minimum absolute atomic E-state index is 0.0367. The van der Waals surface area contributed by atoms with Crippen LogP contribution in [0.15, 0.2) is 48.0 Å². The fraction of sp³-hybridized carbons (Fsp3) is 0.192. The van der Waals surface area contributed by atoms with Crippen molar-refractivity contribution in [2.75, 3.05) is 4.90 Å². The molecule has 1 aliphatic rings. The summed E-state index contributed by atoms with van der Waals surface area (Å²) in [4.78, 5) is 27.4. The van der Waals surface area contributed by atoms with Gasteiger partial charge in [0.05, 0.1) is 21.4 Å². The van der Waals surface area contributed by atoms with Crippen LogP contribution in [0.1, 0.15) is 35.0 Å². The summed E-state index contributed by atoms with van der Waals surface area (Å²) >= 11 is 17.8. The van der Waals surface area contributed by atoms with Gasteiger partial charge in [0, 0.05) is 11.4 Å². The molecule has 174 valence electrons. The first-order chi connectivity index (χ1) is 16.1. The molecule has 0 unspecified atom stereocenters. The first kappa shape index (κ1) is 24.2. The van der Waals surface area contributed by atoms with Crippen LogP contribution in [0.2, 0.25) is 10.0 Å². The minimum Gasteiger partial charge on any atom is -0.317 e. The maximum Gasteiger partial charge on any atom is 0.270 e. The molecule has 1 saturated heterocycles. The van der Waals surface area contributed by atoms with Crippen molar-refractivity contribution < 1.29 is 9.59 Å². The largest absolute Gasteiger partial charge is 0.317 e. The lowest BCUT2D eigenvalue weighted by molar-refractivity contribution is -0.122. The lowest BCUT2D eigenvalue weighted by Crippen LogP contribution is -2.54. The highest BCUT2D eigenvalue weighted by atomic mass is 35.5. The number of nitrogens with one attached hydrogen (secondary N) is 1. The predicted octanol–water partition coefficient (Wildman–Crippen LogP) is 6.10. The third-order valence-electron chi connectivity index (χ3n) is 5.97. The van der Waals surface area contributed by atoms with E-state index < -0.39 is 11.8 Å². The summed E-state index contributed by atoms with van der Waals surface area (Å²) in [6.45, 7) is 8.19. The van der Waals surface area contributed by atoms with E-state index in [2.05, 4.69) is 41.9 Å². The molecule has 2 amide bonds.